The van der Waals surface area contributed by atoms with Crippen molar-refractivity contribution in [2.24, 2.45) is 97.6 Å². The molecule has 16 rings (SSSR count). The molecule has 12 aliphatic rings. The molecule has 4 saturated carbocycles. The van der Waals surface area contributed by atoms with E-state index in [9.17, 15) is 9.59 Å². The molecule has 0 aromatic heterocycles. The highest BCUT2D eigenvalue weighted by molar-refractivity contribution is 6.73. The van der Waals surface area contributed by atoms with Crippen LogP contribution < -0.4 is 5.32 Å². The smallest absolute Gasteiger partial charge is 0.306 e. The van der Waals surface area contributed by atoms with E-state index in [2.05, 4.69) is 165 Å². The number of esters is 1. The normalized spacial score (nSPS) is 40.2. The molecule has 11 fully saturated rings. The minimum Gasteiger partial charge on any atom is -0.461 e. The van der Waals surface area contributed by atoms with E-state index in [1.54, 1.807) is 6.92 Å². The van der Waals surface area contributed by atoms with Crippen LogP contribution in [0.15, 0.2) is 133 Å². The molecule has 7 heterocycles. The van der Waals surface area contributed by atoms with Gasteiger partial charge in [0.05, 0.1) is 100 Å². The van der Waals surface area contributed by atoms with Crippen LogP contribution >= 0.6 is 0 Å². The Hall–Kier alpha value is -5.64. The zero-order valence-corrected chi connectivity index (χ0v) is 96.0. The van der Waals surface area contributed by atoms with Gasteiger partial charge in [0.25, 0.3) is 0 Å². The lowest BCUT2D eigenvalue weighted by molar-refractivity contribution is -0.376. The van der Waals surface area contributed by atoms with E-state index in [0.29, 0.717) is 63.9 Å². The third kappa shape index (κ3) is 25.4. The Kier molecular flexibility index (Phi) is 39.5. The molecule has 0 radical (unpaired) electrons. The average molecular weight is 2100 g/mol. The predicted molar refractivity (Wildman–Crippen MR) is 576 cm³/mol. The summed E-state index contributed by atoms with van der Waals surface area (Å²) in [5.74, 6) is -1.84. The standard InChI is InChI=1S/C124H187NO24Si/c1-24-93-79(7)80(8)107(149-150(25-2,26-3)27-4)115(139-93)146-110-105(143-112-81(9)78(6)77(5)68-135-112)83(11)103(85(13)127)142-116(110)141-98-61-62-120(19)96(121(98,20)75-126)60-63-122(21)97(120)59-58-91-92-66-118(15,16)64-65-124(92,99(130-23)67-123(91,122)22)76-137-114-106(82(10)102(94(140-114)73-131-69-87-48-38-34-39-49-87)125-100(128)56-46-32-30-28-29-31-33-47-57-101(129)133-71-89-52-42-36-43-53-89)144-117-111-109(147-119(17,18)148-111)108(86(14)138-117)145-113-84(12)104(134-72-90-54-44-37-45-55-90)95(74-136-113)132-70-88-50-40-35-41-51-88/h34-45,48-55,58,75,77-84,86,92-99,102-117H,24-33,46-47,56-57,59-74,76H2,1-23H3,(H,125,128)/t77-,78-,79+,80+,81?,82?,83-,84?,86?,92?,93?,94?,95-,96-,97?,98+,99?,102-,103?,104?,105+,106?,107?,108+,109?,110?,111?,112+,113+,114-,115+,116-,117+,120?,121-,122+,123-,124-/m1/s1. The topological polar surface area (TPSA) is 265 Å². The fourth-order valence-electron chi connectivity index (χ4n) is 29.4. The monoisotopic (exact) mass is 2100 g/mol. The van der Waals surface area contributed by atoms with E-state index >= 15 is 9.59 Å². The summed E-state index contributed by atoms with van der Waals surface area (Å²) >= 11 is 0. The van der Waals surface area contributed by atoms with Gasteiger partial charge in [-0.25, -0.2) is 0 Å². The number of carbonyl (C=O) groups is 4. The number of rotatable bonds is 46. The Balaban J connectivity index is 0.676. The molecular weight excluding hydrogens is 1920 g/mol. The Bertz CT molecular complexity index is 4950. The summed E-state index contributed by atoms with van der Waals surface area (Å²) in [4.78, 5) is 57.1. The van der Waals surface area contributed by atoms with Crippen molar-refractivity contribution in [2.45, 2.75) is 466 Å². The number of carbonyl (C=O) groups excluding carboxylic acids is 4. The van der Waals surface area contributed by atoms with Crippen molar-refractivity contribution in [3.63, 3.8) is 0 Å². The molecule has 4 aromatic carbocycles. The maximum absolute atomic E-state index is 15.1. The van der Waals surface area contributed by atoms with Crippen LogP contribution in [0.1, 0.15) is 303 Å². The van der Waals surface area contributed by atoms with Crippen LogP contribution in [-0.2, 0) is 140 Å². The largest absolute Gasteiger partial charge is 0.461 e. The highest BCUT2D eigenvalue weighted by Gasteiger charge is 2.73. The van der Waals surface area contributed by atoms with Crippen molar-refractivity contribution in [1.82, 2.24) is 5.32 Å². The van der Waals surface area contributed by atoms with E-state index in [1.807, 2.05) is 120 Å². The molecule has 26 heteroatoms. The lowest BCUT2D eigenvalue weighted by atomic mass is 9.33. The van der Waals surface area contributed by atoms with Crippen LogP contribution in [0.4, 0.5) is 0 Å². The Morgan fingerprint density at radius 1 is 0.487 bits per heavy atom. The number of nitrogens with one attached hydrogen (secondary N) is 1. The van der Waals surface area contributed by atoms with Gasteiger partial charge >= 0.3 is 5.97 Å². The van der Waals surface area contributed by atoms with Crippen molar-refractivity contribution < 1.29 is 114 Å². The molecule has 17 unspecified atom stereocenters. The summed E-state index contributed by atoms with van der Waals surface area (Å²) in [5.41, 5.74) is 2.93. The Labute approximate surface area is 898 Å². The Morgan fingerprint density at radius 2 is 1.06 bits per heavy atom. The van der Waals surface area contributed by atoms with Gasteiger partial charge < -0.3 is 105 Å². The number of aldehydes is 1. The average Bonchev–Trinajstić information content (AvgIpc) is 0.742. The van der Waals surface area contributed by atoms with Crippen LogP contribution in [0.3, 0.4) is 0 Å². The first-order valence-corrected chi connectivity index (χ1v) is 60.7. The number of unbranched alkanes of at least 4 members (excludes halogenated alkanes) is 7. The van der Waals surface area contributed by atoms with E-state index in [4.69, 9.17) is 94.4 Å². The molecular formula is C124H187NO24Si. The third-order valence-electron chi connectivity index (χ3n) is 39.7. The molecule has 7 aliphatic heterocycles. The predicted octanol–water partition coefficient (Wildman–Crippen LogP) is 23.7. The second-order valence-electron chi connectivity index (χ2n) is 49.9. The van der Waals surface area contributed by atoms with Crippen molar-refractivity contribution in [3.8, 4) is 0 Å². The van der Waals surface area contributed by atoms with Crippen LogP contribution in [0, 0.1) is 97.6 Å². The summed E-state index contributed by atoms with van der Waals surface area (Å²) in [6, 6.07) is 42.5. The maximum atomic E-state index is 15.1. The fraction of sp³-hybridized carbons (Fsp3) is 0.758. The number of ether oxygens (including phenoxy) is 19. The number of benzene rings is 4. The first kappa shape index (κ1) is 117. The first-order valence-electron chi connectivity index (χ1n) is 58.2. The summed E-state index contributed by atoms with van der Waals surface area (Å²) in [6.07, 6.45) is 5.21. The molecule has 150 heavy (non-hydrogen) atoms. The van der Waals surface area contributed by atoms with Crippen LogP contribution in [0.2, 0.25) is 18.1 Å². The summed E-state index contributed by atoms with van der Waals surface area (Å²) in [5, 5.41) is 3.56. The van der Waals surface area contributed by atoms with E-state index in [1.165, 1.54) is 11.9 Å². The molecule has 25 nitrogen and oxygen atoms in total. The molecule has 38 atom stereocenters. The van der Waals surface area contributed by atoms with Gasteiger partial charge in [-0.15, -0.1) is 0 Å². The third-order valence-corrected chi connectivity index (χ3v) is 44.3. The quantitative estimate of drug-likeness (QED) is 0.0108. The molecule has 836 valence electrons. The second kappa shape index (κ2) is 50.7. The maximum Gasteiger partial charge on any atom is 0.306 e. The number of fused-ring (bicyclic) bond motifs is 8. The summed E-state index contributed by atoms with van der Waals surface area (Å²) in [7, 11) is -0.371. The highest BCUT2D eigenvalue weighted by atomic mass is 28.4. The second-order valence-corrected chi connectivity index (χ2v) is 54.7. The molecule has 1 N–H and O–H groups in total. The van der Waals surface area contributed by atoms with Gasteiger partial charge in [0.1, 0.15) is 61.7 Å². The number of ketones is 1. The van der Waals surface area contributed by atoms with Crippen molar-refractivity contribution >= 4 is 32.3 Å². The molecule has 5 aliphatic carbocycles. The minimum absolute atomic E-state index is 0.0125. The van der Waals surface area contributed by atoms with Crippen molar-refractivity contribution in [2.75, 3.05) is 33.5 Å². The van der Waals surface area contributed by atoms with E-state index in [-0.39, 0.29) is 119 Å². The SMILES string of the molecule is CCC1O[C@@H](OC2[C@H](O[C@H]3CCC4(C)C5CC=C6C7CC(C)(C)CC[C@]7(CO[C@@H]7OC(COCc8ccccc8)[C@H](NC(=O)CCCCCCCCCCC(=O)OCc8ccccc8)C(C)C7O[C@@H]7OC(C)[C@H](O[C@@H]8OC[C@@H](OCc9ccccc9)C(OCc9ccccc9)C8C)C8OC(C)(C)OC87)C(OC)C[C@@]6(C)[C@@]5(C)CC[C@H]4[C@@]3(C)C=O)OC(C(C)=O)[C@@H](C)[C@@H]2O[C@@H]2OC[C@@H](C)[C@@H](C)C2C)C(O[Si](CC)(CC)CC)[C@@H](C)[C@@H]1C. The van der Waals surface area contributed by atoms with E-state index in [0.717, 1.165) is 143 Å². The molecule has 1 amide bonds. The number of Topliss-reactive ketones (excluding diaryl/α,β-unsaturated/α-hetero) is 1. The first-order chi connectivity index (χ1) is 71.8. The zero-order chi connectivity index (χ0) is 107. The van der Waals surface area contributed by atoms with Crippen LogP contribution in [-0.4, -0.2) is 207 Å². The number of methoxy groups -OCH3 is 1. The van der Waals surface area contributed by atoms with Crippen LogP contribution in [0.25, 0.3) is 0 Å². The number of hydrogen-bond acceptors (Lipinski definition) is 24. The van der Waals surface area contributed by atoms with Gasteiger partial charge in [-0.05, 0) is 208 Å². The molecule has 4 aromatic rings. The highest BCUT2D eigenvalue weighted by Crippen LogP contribution is 2.77. The Morgan fingerprint density at radius 3 is 1.69 bits per heavy atom. The van der Waals surface area contributed by atoms with Crippen molar-refractivity contribution in [3.05, 3.63) is 155 Å². The lowest BCUT2D eigenvalue weighted by Crippen LogP contribution is -2.68. The van der Waals surface area contributed by atoms with Gasteiger partial charge in [-0.3, -0.25) is 14.4 Å². The minimum atomic E-state index is -2.28. The van der Waals surface area contributed by atoms with Gasteiger partial charge in [0.2, 0.25) is 5.91 Å². The van der Waals surface area contributed by atoms with Gasteiger partial charge in [0, 0.05) is 49.0 Å². The van der Waals surface area contributed by atoms with Crippen molar-refractivity contribution in [1.29, 1.82) is 0 Å². The molecule has 0 spiro atoms. The summed E-state index contributed by atoms with van der Waals surface area (Å²) < 4.78 is 144. The van der Waals surface area contributed by atoms with Gasteiger partial charge in [0.15, 0.2) is 57.6 Å². The molecule has 0 bridgehead atoms. The summed E-state index contributed by atoms with van der Waals surface area (Å²) in [6.45, 7) is 51.1. The number of allylic oxidation sites excluding steroid dienone is 2. The van der Waals surface area contributed by atoms with Gasteiger partial charge in [-0.1, -0.05) is 296 Å². The zero-order valence-electron chi connectivity index (χ0n) is 95.0. The fourth-order valence-corrected chi connectivity index (χ4v) is 32.3. The number of amides is 1. The molecule has 7 saturated heterocycles. The van der Waals surface area contributed by atoms with Crippen LogP contribution in [0.5, 0.6) is 0 Å². The lowest BCUT2D eigenvalue weighted by Gasteiger charge is -2.72. The number of hydrogen-bond donors (Lipinski definition) is 1. The van der Waals surface area contributed by atoms with Gasteiger partial charge in [-0.2, -0.15) is 0 Å². The van der Waals surface area contributed by atoms with E-state index < -0.39 is 160 Å².